The van der Waals surface area contributed by atoms with E-state index < -0.39 is 0 Å². The fourth-order valence-corrected chi connectivity index (χ4v) is 0. The lowest BCUT2D eigenvalue weighted by Crippen LogP contribution is -3.00. The summed E-state index contributed by atoms with van der Waals surface area (Å²) in [6.07, 6.45) is 4.50. The Morgan fingerprint density at radius 3 is 1.50 bits per heavy atom. The number of halogens is 1. The highest BCUT2D eigenvalue weighted by molar-refractivity contribution is 7.95. The van der Waals surface area contributed by atoms with E-state index in [1.807, 2.05) is 0 Å². The maximum atomic E-state index is 2.25. The van der Waals surface area contributed by atoms with Crippen molar-refractivity contribution < 1.29 is 24.0 Å². The molecule has 0 fully saturated rings. The van der Waals surface area contributed by atoms with Crippen molar-refractivity contribution in [2.75, 3.05) is 18.3 Å². The molecule has 0 aromatic carbocycles. The molecule has 0 aliphatic rings. The monoisotopic (exact) mass is 218 g/mol. The summed E-state index contributed by atoms with van der Waals surface area (Å²) in [4.78, 5) is 0. The van der Waals surface area contributed by atoms with Crippen LogP contribution in [0.25, 0.3) is 0 Å². The van der Waals surface area contributed by atoms with Gasteiger partial charge in [-0.15, -0.1) is 0 Å². The Hall–Kier alpha value is 1.08. The van der Waals surface area contributed by atoms with Gasteiger partial charge >= 0.3 is 0 Å². The number of hydrogen-bond acceptors (Lipinski definition) is 0. The van der Waals surface area contributed by atoms with E-state index in [1.165, 1.54) is 5.75 Å². The van der Waals surface area contributed by atoms with E-state index in [9.17, 15) is 0 Å². The van der Waals surface area contributed by atoms with E-state index in [4.69, 9.17) is 0 Å². The van der Waals surface area contributed by atoms with Gasteiger partial charge in [0.25, 0.3) is 0 Å². The van der Waals surface area contributed by atoms with Gasteiger partial charge in [-0.05, 0) is 17.8 Å². The Morgan fingerprint density at radius 1 is 1.33 bits per heavy atom. The smallest absolute Gasteiger partial charge is 0.104 e. The van der Waals surface area contributed by atoms with Crippen molar-refractivity contribution in [3.8, 4) is 0 Å². The highest BCUT2D eigenvalue weighted by atomic mass is 127. The first-order valence-electron chi connectivity index (χ1n) is 1.81. The molecule has 0 unspecified atom stereocenters. The SMILES string of the molecule is CC[S+](C)C.[I-]. The zero-order valence-corrected chi connectivity index (χ0v) is 7.47. The van der Waals surface area contributed by atoms with Crippen molar-refractivity contribution in [3.63, 3.8) is 0 Å². The first-order valence-corrected chi connectivity index (χ1v) is 4.02. The van der Waals surface area contributed by atoms with Crippen LogP contribution in [0.15, 0.2) is 0 Å². The van der Waals surface area contributed by atoms with Gasteiger partial charge in [0.2, 0.25) is 0 Å². The van der Waals surface area contributed by atoms with E-state index >= 15 is 0 Å². The zero-order valence-electron chi connectivity index (χ0n) is 4.49. The first kappa shape index (κ1) is 10.1. The van der Waals surface area contributed by atoms with Crippen molar-refractivity contribution in [2.24, 2.45) is 0 Å². The minimum atomic E-state index is 0. The Labute approximate surface area is 60.1 Å². The van der Waals surface area contributed by atoms with E-state index in [1.54, 1.807) is 0 Å². The fourth-order valence-electron chi connectivity index (χ4n) is 0. The van der Waals surface area contributed by atoms with Crippen LogP contribution in [0.1, 0.15) is 6.92 Å². The Morgan fingerprint density at radius 2 is 1.50 bits per heavy atom. The van der Waals surface area contributed by atoms with E-state index in [0.717, 1.165) is 0 Å². The quantitative estimate of drug-likeness (QED) is 0.349. The fraction of sp³-hybridized carbons (Fsp3) is 1.00. The Balaban J connectivity index is 0. The number of rotatable bonds is 1. The molecular formula is C4H11IS. The van der Waals surface area contributed by atoms with Crippen LogP contribution in [0.2, 0.25) is 0 Å². The van der Waals surface area contributed by atoms with Crippen LogP contribution in [-0.4, -0.2) is 18.3 Å². The lowest BCUT2D eigenvalue weighted by atomic mass is 11.0. The summed E-state index contributed by atoms with van der Waals surface area (Å²) in [7, 11) is 0.677. The van der Waals surface area contributed by atoms with Gasteiger partial charge in [0.05, 0.1) is 12.5 Å². The zero-order chi connectivity index (χ0) is 4.28. The van der Waals surface area contributed by atoms with Crippen LogP contribution in [0.5, 0.6) is 0 Å². The maximum Gasteiger partial charge on any atom is 0.104 e. The van der Waals surface area contributed by atoms with Gasteiger partial charge in [-0.1, -0.05) is 0 Å². The highest BCUT2D eigenvalue weighted by Crippen LogP contribution is 1.76. The molecule has 0 aliphatic carbocycles. The topological polar surface area (TPSA) is 0 Å². The summed E-state index contributed by atoms with van der Waals surface area (Å²) in [5, 5.41) is 0. The lowest BCUT2D eigenvalue weighted by Gasteiger charge is -1.81. The van der Waals surface area contributed by atoms with Gasteiger partial charge in [0.1, 0.15) is 5.75 Å². The molecule has 0 radical (unpaired) electrons. The normalized spacial score (nSPS) is 8.00. The standard InChI is InChI=1S/C4H11S.HI/c1-4-5(2)3;/h4H2,1-3H3;1H/q+1;/p-1. The summed E-state index contributed by atoms with van der Waals surface area (Å²) in [5.41, 5.74) is 0. The molecule has 0 saturated carbocycles. The van der Waals surface area contributed by atoms with Gasteiger partial charge in [-0.3, -0.25) is 0 Å². The average Bonchev–Trinajstić information content (AvgIpc) is 1.38. The van der Waals surface area contributed by atoms with Crippen LogP contribution in [0, 0.1) is 0 Å². The van der Waals surface area contributed by atoms with Crippen LogP contribution in [0.4, 0.5) is 0 Å². The van der Waals surface area contributed by atoms with Crippen LogP contribution in [0.3, 0.4) is 0 Å². The lowest BCUT2D eigenvalue weighted by molar-refractivity contribution is -0.00000128. The molecule has 0 aliphatic heterocycles. The number of hydrogen-bond donors (Lipinski definition) is 0. The molecule has 0 atom stereocenters. The summed E-state index contributed by atoms with van der Waals surface area (Å²) < 4.78 is 0. The largest absolute Gasteiger partial charge is 1.00 e. The molecule has 0 saturated heterocycles. The second kappa shape index (κ2) is 6.08. The van der Waals surface area contributed by atoms with Gasteiger partial charge in [-0.2, -0.15) is 0 Å². The average molecular weight is 218 g/mol. The van der Waals surface area contributed by atoms with Crippen molar-refractivity contribution >= 4 is 10.9 Å². The van der Waals surface area contributed by atoms with Crippen LogP contribution < -0.4 is 24.0 Å². The minimum absolute atomic E-state index is 0. The van der Waals surface area contributed by atoms with E-state index in [2.05, 4.69) is 19.4 Å². The predicted molar refractivity (Wildman–Crippen MR) is 29.8 cm³/mol. The van der Waals surface area contributed by atoms with E-state index in [0.29, 0.717) is 10.9 Å². The molecule has 6 heavy (non-hydrogen) atoms. The maximum absolute atomic E-state index is 2.25. The molecule has 0 N–H and O–H groups in total. The molecule has 0 bridgehead atoms. The minimum Gasteiger partial charge on any atom is -1.00 e. The molecule has 0 spiro atoms. The third-order valence-electron chi connectivity index (χ3n) is 0.577. The summed E-state index contributed by atoms with van der Waals surface area (Å²) in [5.74, 6) is 1.33. The predicted octanol–water partition coefficient (Wildman–Crippen LogP) is -2.11. The Bertz CT molecular complexity index is 21.5. The van der Waals surface area contributed by atoms with Crippen LogP contribution in [-0.2, 0) is 10.9 Å². The van der Waals surface area contributed by atoms with E-state index in [-0.39, 0.29) is 24.0 Å². The van der Waals surface area contributed by atoms with Crippen molar-refractivity contribution in [1.82, 2.24) is 0 Å². The van der Waals surface area contributed by atoms with Crippen molar-refractivity contribution in [1.29, 1.82) is 0 Å². The molecule has 40 valence electrons. The van der Waals surface area contributed by atoms with Gasteiger partial charge in [0.15, 0.2) is 0 Å². The summed E-state index contributed by atoms with van der Waals surface area (Å²) >= 11 is 0. The molecule has 2 heteroatoms. The molecule has 0 aromatic heterocycles. The summed E-state index contributed by atoms with van der Waals surface area (Å²) in [6.45, 7) is 2.21. The molecular weight excluding hydrogens is 207 g/mol. The summed E-state index contributed by atoms with van der Waals surface area (Å²) in [6, 6.07) is 0. The van der Waals surface area contributed by atoms with Gasteiger partial charge in [0, 0.05) is 0 Å². The molecule has 0 nitrogen and oxygen atoms in total. The second-order valence-corrected chi connectivity index (χ2v) is 3.82. The van der Waals surface area contributed by atoms with Crippen LogP contribution >= 0.6 is 0 Å². The molecule has 0 amide bonds. The second-order valence-electron chi connectivity index (χ2n) is 1.27. The third-order valence-corrected chi connectivity index (χ3v) is 1.73. The molecule has 0 aromatic rings. The molecule has 0 heterocycles. The first-order chi connectivity index (χ1) is 2.27. The third kappa shape index (κ3) is 8.91. The highest BCUT2D eigenvalue weighted by Gasteiger charge is 1.89. The Kier molecular flexibility index (Phi) is 10.3. The van der Waals surface area contributed by atoms with Gasteiger partial charge in [-0.25, -0.2) is 0 Å². The molecule has 0 rings (SSSR count). The van der Waals surface area contributed by atoms with Gasteiger partial charge < -0.3 is 24.0 Å². The van der Waals surface area contributed by atoms with Crippen molar-refractivity contribution in [2.45, 2.75) is 6.92 Å². The van der Waals surface area contributed by atoms with Crippen molar-refractivity contribution in [3.05, 3.63) is 0 Å².